The van der Waals surface area contributed by atoms with Crippen molar-refractivity contribution in [2.24, 2.45) is 5.92 Å². The molecule has 0 unspecified atom stereocenters. The van der Waals surface area contributed by atoms with Crippen LogP contribution in [0.15, 0.2) is 6.07 Å². The Balaban J connectivity index is 2.60. The number of hydrogen-bond acceptors (Lipinski definition) is 3. The average molecular weight is 353 g/mol. The van der Waals surface area contributed by atoms with Gasteiger partial charge >= 0.3 is 6.03 Å². The first kappa shape index (κ1) is 21.5. The number of carbonyl (C=O) groups is 1. The minimum absolute atomic E-state index is 0.0723. The van der Waals surface area contributed by atoms with E-state index in [4.69, 9.17) is 9.84 Å². The first-order valence-electron chi connectivity index (χ1n) is 9.15. The van der Waals surface area contributed by atoms with E-state index < -0.39 is 0 Å². The van der Waals surface area contributed by atoms with Crippen molar-refractivity contribution in [2.45, 2.75) is 72.8 Å². The van der Waals surface area contributed by atoms with Gasteiger partial charge in [-0.1, -0.05) is 34.6 Å². The molecule has 2 N–H and O–H groups in total. The van der Waals surface area contributed by atoms with E-state index in [1.807, 2.05) is 10.7 Å². The maximum absolute atomic E-state index is 12.2. The van der Waals surface area contributed by atoms with Gasteiger partial charge in [0.15, 0.2) is 0 Å². The molecule has 1 aromatic heterocycles. The lowest BCUT2D eigenvalue weighted by atomic mass is 9.92. The second-order valence-corrected chi connectivity index (χ2v) is 8.95. The maximum Gasteiger partial charge on any atom is 0.320 e. The van der Waals surface area contributed by atoms with Crippen LogP contribution >= 0.6 is 0 Å². The number of aromatic nitrogens is 2. The molecule has 0 aromatic carbocycles. The highest BCUT2D eigenvalue weighted by Crippen LogP contribution is 2.28. The molecule has 25 heavy (non-hydrogen) atoms. The van der Waals surface area contributed by atoms with E-state index in [0.29, 0.717) is 24.9 Å². The number of hydrogen-bond donors (Lipinski definition) is 2. The molecule has 144 valence electrons. The topological polar surface area (TPSA) is 68.2 Å². The summed E-state index contributed by atoms with van der Waals surface area (Å²) >= 11 is 0. The Bertz CT molecular complexity index is 551. The van der Waals surface area contributed by atoms with Gasteiger partial charge in [0.2, 0.25) is 0 Å². The van der Waals surface area contributed by atoms with Crippen LogP contribution in [0.4, 0.5) is 10.6 Å². The number of nitrogens with zero attached hydrogens (tertiary/aromatic N) is 2. The summed E-state index contributed by atoms with van der Waals surface area (Å²) in [5.41, 5.74) is 0.674. The summed E-state index contributed by atoms with van der Waals surface area (Å²) in [6.07, 6.45) is 0.798. The molecule has 0 saturated carbocycles. The molecule has 0 atom stereocenters. The fourth-order valence-corrected chi connectivity index (χ4v) is 2.20. The molecular formula is C19H36N4O2. The first-order chi connectivity index (χ1) is 11.4. The summed E-state index contributed by atoms with van der Waals surface area (Å²) in [4.78, 5) is 12.2. The Morgan fingerprint density at radius 3 is 2.40 bits per heavy atom. The second kappa shape index (κ2) is 8.70. The second-order valence-electron chi connectivity index (χ2n) is 8.95. The van der Waals surface area contributed by atoms with Crippen LogP contribution in [-0.4, -0.2) is 35.6 Å². The van der Waals surface area contributed by atoms with Gasteiger partial charge < -0.3 is 10.1 Å². The van der Waals surface area contributed by atoms with E-state index in [0.717, 1.165) is 18.7 Å². The largest absolute Gasteiger partial charge is 0.381 e. The quantitative estimate of drug-likeness (QED) is 0.725. The third-order valence-electron chi connectivity index (χ3n) is 3.56. The lowest BCUT2D eigenvalue weighted by Gasteiger charge is -2.23. The van der Waals surface area contributed by atoms with E-state index >= 15 is 0 Å². The SMILES string of the molecule is CC(C)COCCCNC(=O)Nc1cc(C(C)(C)C)nn1C(C)(C)C. The Kier molecular flexibility index (Phi) is 7.47. The average Bonchev–Trinajstić information content (AvgIpc) is 2.86. The highest BCUT2D eigenvalue weighted by molar-refractivity contribution is 5.88. The van der Waals surface area contributed by atoms with E-state index in [2.05, 4.69) is 66.0 Å². The molecule has 0 spiro atoms. The fourth-order valence-electron chi connectivity index (χ4n) is 2.20. The molecule has 0 aliphatic heterocycles. The number of rotatable bonds is 7. The number of urea groups is 1. The molecule has 1 rings (SSSR count). The van der Waals surface area contributed by atoms with Crippen LogP contribution in [0.2, 0.25) is 0 Å². The van der Waals surface area contributed by atoms with Crippen LogP contribution in [0.3, 0.4) is 0 Å². The van der Waals surface area contributed by atoms with Crippen molar-refractivity contribution in [1.29, 1.82) is 0 Å². The molecule has 0 saturated heterocycles. The monoisotopic (exact) mass is 352 g/mol. The normalized spacial score (nSPS) is 12.5. The predicted molar refractivity (Wildman–Crippen MR) is 103 cm³/mol. The third-order valence-corrected chi connectivity index (χ3v) is 3.56. The van der Waals surface area contributed by atoms with Crippen molar-refractivity contribution in [1.82, 2.24) is 15.1 Å². The molecular weight excluding hydrogens is 316 g/mol. The van der Waals surface area contributed by atoms with Gasteiger partial charge in [-0.3, -0.25) is 5.32 Å². The number of carbonyl (C=O) groups excluding carboxylic acids is 1. The first-order valence-corrected chi connectivity index (χ1v) is 9.15. The van der Waals surface area contributed by atoms with Crippen molar-refractivity contribution in [3.8, 4) is 0 Å². The van der Waals surface area contributed by atoms with Crippen molar-refractivity contribution >= 4 is 11.8 Å². The molecule has 1 aromatic rings. The summed E-state index contributed by atoms with van der Waals surface area (Å²) in [7, 11) is 0. The molecule has 6 heteroatoms. The minimum Gasteiger partial charge on any atom is -0.381 e. The fraction of sp³-hybridized carbons (Fsp3) is 0.789. The standard InChI is InChI=1S/C19H36N4O2/c1-14(2)13-25-11-9-10-20-17(24)21-16-12-15(18(3,4)5)22-23(16)19(6,7)8/h12,14H,9-11,13H2,1-8H3,(H2,20,21,24). The van der Waals surface area contributed by atoms with Crippen LogP contribution in [0.25, 0.3) is 0 Å². The van der Waals surface area contributed by atoms with E-state index in [9.17, 15) is 4.79 Å². The van der Waals surface area contributed by atoms with Gasteiger partial charge in [0.05, 0.1) is 11.2 Å². The van der Waals surface area contributed by atoms with E-state index in [-0.39, 0.29) is 17.0 Å². The van der Waals surface area contributed by atoms with Crippen molar-refractivity contribution in [3.05, 3.63) is 11.8 Å². The van der Waals surface area contributed by atoms with Gasteiger partial charge in [-0.15, -0.1) is 0 Å². The van der Waals surface area contributed by atoms with Gasteiger partial charge in [0.1, 0.15) is 5.82 Å². The van der Waals surface area contributed by atoms with Gasteiger partial charge in [0, 0.05) is 31.2 Å². The predicted octanol–water partition coefficient (Wildman–Crippen LogP) is 4.12. The lowest BCUT2D eigenvalue weighted by Crippen LogP contribution is -2.33. The number of ether oxygens (including phenoxy) is 1. The Labute approximate surface area is 152 Å². The Hall–Kier alpha value is -1.56. The molecule has 1 heterocycles. The van der Waals surface area contributed by atoms with Crippen LogP contribution in [-0.2, 0) is 15.7 Å². The van der Waals surface area contributed by atoms with Gasteiger partial charge in [-0.25, -0.2) is 9.48 Å². The molecule has 0 bridgehead atoms. The summed E-state index contributed by atoms with van der Waals surface area (Å²) in [5, 5.41) is 10.5. The van der Waals surface area contributed by atoms with Crippen LogP contribution < -0.4 is 10.6 Å². The summed E-state index contributed by atoms with van der Waals surface area (Å²) in [6.45, 7) is 18.8. The number of amides is 2. The van der Waals surface area contributed by atoms with Crippen LogP contribution in [0, 0.1) is 5.92 Å². The minimum atomic E-state index is -0.213. The molecule has 2 amide bonds. The number of nitrogens with one attached hydrogen (secondary N) is 2. The van der Waals surface area contributed by atoms with Crippen molar-refractivity contribution in [2.75, 3.05) is 25.1 Å². The van der Waals surface area contributed by atoms with E-state index in [1.165, 1.54) is 0 Å². The molecule has 0 fully saturated rings. The zero-order chi connectivity index (χ0) is 19.3. The van der Waals surface area contributed by atoms with E-state index in [1.54, 1.807) is 0 Å². The lowest BCUT2D eigenvalue weighted by molar-refractivity contribution is 0.108. The van der Waals surface area contributed by atoms with Crippen LogP contribution in [0.1, 0.15) is 67.5 Å². The zero-order valence-corrected chi connectivity index (χ0v) is 17.2. The van der Waals surface area contributed by atoms with Gasteiger partial charge in [-0.05, 0) is 33.1 Å². The molecule has 6 nitrogen and oxygen atoms in total. The highest BCUT2D eigenvalue weighted by atomic mass is 16.5. The summed E-state index contributed by atoms with van der Waals surface area (Å²) in [6, 6.07) is 1.74. The van der Waals surface area contributed by atoms with Gasteiger partial charge in [0.25, 0.3) is 0 Å². The highest BCUT2D eigenvalue weighted by Gasteiger charge is 2.25. The van der Waals surface area contributed by atoms with Crippen molar-refractivity contribution < 1.29 is 9.53 Å². The third kappa shape index (κ3) is 7.46. The summed E-state index contributed by atoms with van der Waals surface area (Å²) in [5.74, 6) is 1.25. The Morgan fingerprint density at radius 2 is 1.88 bits per heavy atom. The smallest absolute Gasteiger partial charge is 0.320 e. The molecule has 0 aliphatic rings. The van der Waals surface area contributed by atoms with Crippen LogP contribution in [0.5, 0.6) is 0 Å². The van der Waals surface area contributed by atoms with Gasteiger partial charge in [-0.2, -0.15) is 5.10 Å². The Morgan fingerprint density at radius 1 is 1.24 bits per heavy atom. The van der Waals surface area contributed by atoms with Crippen molar-refractivity contribution in [3.63, 3.8) is 0 Å². The maximum atomic E-state index is 12.2. The zero-order valence-electron chi connectivity index (χ0n) is 17.2. The summed E-state index contributed by atoms with van der Waals surface area (Å²) < 4.78 is 7.39. The molecule has 0 aliphatic carbocycles. The number of anilines is 1. The molecule has 0 radical (unpaired) electrons.